The Labute approximate surface area is 590 Å². The van der Waals surface area contributed by atoms with E-state index in [0.29, 0.717) is 0 Å². The maximum Gasteiger partial charge on any atom is 0.116 e. The molecule has 0 radical (unpaired) electrons. The second kappa shape index (κ2) is 28.5. The molecule has 11 heteroatoms. The third kappa shape index (κ3) is 14.6. The van der Waals surface area contributed by atoms with Gasteiger partial charge in [-0.05, 0) is 202 Å². The van der Waals surface area contributed by atoms with E-state index in [-0.39, 0.29) is 0 Å². The molecular weight excluding hydrogens is 1350 g/mol. The van der Waals surface area contributed by atoms with Crippen LogP contribution in [0.3, 0.4) is 0 Å². The van der Waals surface area contributed by atoms with Gasteiger partial charge in [-0.1, -0.05) is 243 Å². The third-order valence-electron chi connectivity index (χ3n) is 19.5. The largest absolute Gasteiger partial charge is 0.116 e. The van der Waals surface area contributed by atoms with Crippen LogP contribution < -0.4 is 63.7 Å². The van der Waals surface area contributed by atoms with Crippen molar-refractivity contribution in [2.75, 3.05) is 0 Å². The molecule has 0 spiro atoms. The first-order chi connectivity index (χ1) is 49.0. The van der Waals surface area contributed by atoms with E-state index >= 15 is 0 Å². The van der Waals surface area contributed by atoms with Crippen molar-refractivity contribution in [1.82, 2.24) is 0 Å². The molecule has 101 heavy (non-hydrogen) atoms. The SMILES string of the molecule is F[P-](F)(F)(F)(F)F.c1ccc([P+](Cc2ccc(C[P+](c3ccccc3)(c3ccccc3)c3ccccc3)c3cc4c(C[P+](c5ccccc5)(c5ccccc5)c5ccccc5)ccc(C[P+](c5ccccc5)(c5ccccc5)c5ccccc5)c4cc23)(c2ccccc2)c2ccccc2)cc1. The van der Waals surface area contributed by atoms with Crippen molar-refractivity contribution in [2.45, 2.75) is 24.6 Å². The maximum absolute atomic E-state index is 10.7. The van der Waals surface area contributed by atoms with Gasteiger partial charge in [0.15, 0.2) is 0 Å². The molecule has 15 aromatic rings. The van der Waals surface area contributed by atoms with Crippen molar-refractivity contribution < 1.29 is 25.2 Å². The van der Waals surface area contributed by atoms with E-state index in [1.54, 1.807) is 0 Å². The number of hydrogen-bond donors (Lipinski definition) is 0. The normalized spacial score (nSPS) is 12.8. The average molecular weight is 1420 g/mol. The summed E-state index contributed by atoms with van der Waals surface area (Å²) in [5.74, 6) is 0. The Morgan fingerprint density at radius 1 is 0.158 bits per heavy atom. The molecule has 0 amide bonds. The minimum absolute atomic E-state index is 0.832. The molecule has 0 nitrogen and oxygen atoms in total. The minimum atomic E-state index is -10.7. The summed E-state index contributed by atoms with van der Waals surface area (Å²) < 4.78 is 59.2. The summed E-state index contributed by atoms with van der Waals surface area (Å²) in [5, 5.41) is 21.8. The number of hydrogen-bond acceptors (Lipinski definition) is 0. The molecule has 0 aliphatic carbocycles. The van der Waals surface area contributed by atoms with Crippen molar-refractivity contribution >= 4 is 122 Å². The van der Waals surface area contributed by atoms with Gasteiger partial charge in [-0.2, -0.15) is 0 Å². The molecule has 0 heterocycles. The second-order valence-corrected chi connectivity index (χ2v) is 41.4. The molecule has 15 rings (SSSR count). The zero-order valence-electron chi connectivity index (χ0n) is 55.4. The van der Waals surface area contributed by atoms with E-state index in [1.165, 1.54) is 107 Å². The Morgan fingerprint density at radius 3 is 0.356 bits per heavy atom. The summed E-state index contributed by atoms with van der Waals surface area (Å²) in [4.78, 5) is 0. The van der Waals surface area contributed by atoms with Gasteiger partial charge in [-0.15, -0.1) is 0 Å². The number of halogens is 6. The van der Waals surface area contributed by atoms with Crippen molar-refractivity contribution in [3.8, 4) is 0 Å². The summed E-state index contributed by atoms with van der Waals surface area (Å²) in [6.07, 6.45) is 3.33. The molecule has 0 aliphatic rings. The fourth-order valence-electron chi connectivity index (χ4n) is 15.1. The molecule has 0 aliphatic heterocycles. The quantitative estimate of drug-likeness (QED) is 0.0405. The van der Waals surface area contributed by atoms with Crippen LogP contribution in [-0.2, 0) is 24.6 Å². The van der Waals surface area contributed by atoms with Gasteiger partial charge in [-0.25, -0.2) is 0 Å². The molecule has 0 bridgehead atoms. The van der Waals surface area contributed by atoms with Crippen molar-refractivity contribution in [1.29, 1.82) is 0 Å². The fraction of sp³-hybridized carbons (Fsp3) is 0.0444. The molecule has 498 valence electrons. The van der Waals surface area contributed by atoms with Crippen molar-refractivity contribution in [3.63, 3.8) is 0 Å². The topological polar surface area (TPSA) is 0 Å². The summed E-state index contributed by atoms with van der Waals surface area (Å²) in [7, 11) is -20.4. The Bertz CT molecular complexity index is 4200. The monoisotopic (exact) mass is 1420 g/mol. The van der Waals surface area contributed by atoms with Gasteiger partial charge in [-0.3, -0.25) is 0 Å². The van der Waals surface area contributed by atoms with E-state index in [0.717, 1.165) is 24.6 Å². The molecule has 0 aromatic heterocycles. The molecule has 15 aromatic carbocycles. The summed E-state index contributed by atoms with van der Waals surface area (Å²) >= 11 is 0. The predicted octanol–water partition coefficient (Wildman–Crippen LogP) is 21.4. The van der Waals surface area contributed by atoms with Crippen LogP contribution >= 0.6 is 36.9 Å². The van der Waals surface area contributed by atoms with E-state index in [9.17, 15) is 25.2 Å². The first kappa shape index (κ1) is 68.7. The third-order valence-corrected chi connectivity index (χ3v) is 36.9. The van der Waals surface area contributed by atoms with Gasteiger partial charge >= 0.3 is 33.0 Å². The number of rotatable bonds is 20. The standard InChI is InChI=1S/C90H74P4.F6P/c1-13-37-75(38-14-1)91(76-39-15-2-16-40-76,77-41-17-3-18-42-77)67-71-61-62-72(68-92(78-43-19-4-20-44-78,79-45-21-5-22-46-79)80-47-23-6-24-48-80)88-66-90-74(70-94(84-55-31-10-32-56-84,85-57-33-11-34-58-85)86-59-35-12-36-60-86)64-63-73(89(90)65-87(71)88)69-93(81-49-25-7-26-50-81,82-51-27-8-28-52-82)83-53-29-9-30-54-83;1-7(2,3,4,5)6/h1-66H,67-70H2;/q+4;-1. The Hall–Kier alpha value is -9.45. The van der Waals surface area contributed by atoms with Gasteiger partial charge in [0.2, 0.25) is 0 Å². The fourth-order valence-corrected chi connectivity index (χ4v) is 32.2. The number of benzene rings is 15. The van der Waals surface area contributed by atoms with Crippen molar-refractivity contribution in [3.05, 3.63) is 423 Å². The summed E-state index contributed by atoms with van der Waals surface area (Å²) in [5.41, 5.74) is 5.44. The van der Waals surface area contributed by atoms with E-state index in [2.05, 4.69) is 400 Å². The van der Waals surface area contributed by atoms with Crippen LogP contribution in [0.5, 0.6) is 0 Å². The molecule has 0 fully saturated rings. The van der Waals surface area contributed by atoms with Crippen LogP contribution in [0.4, 0.5) is 25.2 Å². The van der Waals surface area contributed by atoms with Crippen LogP contribution in [0.1, 0.15) is 22.3 Å². The summed E-state index contributed by atoms with van der Waals surface area (Å²) in [6, 6.07) is 154. The van der Waals surface area contributed by atoms with Gasteiger partial charge < -0.3 is 0 Å². The van der Waals surface area contributed by atoms with Crippen LogP contribution in [0.15, 0.2) is 400 Å². The molecule has 0 atom stereocenters. The molecule has 0 unspecified atom stereocenters. The zero-order valence-corrected chi connectivity index (χ0v) is 59.9. The first-order valence-corrected chi connectivity index (χ1v) is 43.7. The van der Waals surface area contributed by atoms with Crippen LogP contribution in [0, 0.1) is 0 Å². The molecule has 0 N–H and O–H groups in total. The average Bonchev–Trinajstić information content (AvgIpc) is 0.725. The smallest absolute Gasteiger partial charge is 0.0620 e. The van der Waals surface area contributed by atoms with Gasteiger partial charge in [0, 0.05) is 0 Å². The van der Waals surface area contributed by atoms with Gasteiger partial charge in [0.1, 0.15) is 92.7 Å². The van der Waals surface area contributed by atoms with Crippen molar-refractivity contribution in [2.24, 2.45) is 0 Å². The predicted molar refractivity (Wildman–Crippen MR) is 430 cm³/mol. The van der Waals surface area contributed by atoms with Crippen LogP contribution in [0.25, 0.3) is 21.5 Å². The van der Waals surface area contributed by atoms with Crippen LogP contribution in [0.2, 0.25) is 0 Å². The Balaban J connectivity index is 0.00000118. The van der Waals surface area contributed by atoms with Crippen LogP contribution in [-0.4, -0.2) is 0 Å². The Morgan fingerprint density at radius 2 is 0.257 bits per heavy atom. The molecular formula is C90H74F6P5+3. The van der Waals surface area contributed by atoms with Gasteiger partial charge in [0.05, 0.1) is 24.6 Å². The summed E-state index contributed by atoms with van der Waals surface area (Å²) in [6.45, 7) is 0. The van der Waals surface area contributed by atoms with E-state index in [4.69, 9.17) is 0 Å². The second-order valence-electron chi connectivity index (χ2n) is 25.6. The van der Waals surface area contributed by atoms with E-state index in [1.807, 2.05) is 0 Å². The first-order valence-electron chi connectivity index (χ1n) is 33.8. The number of fused-ring (bicyclic) bond motifs is 2. The minimum Gasteiger partial charge on any atom is -0.0620 e. The molecule has 0 saturated carbocycles. The maximum atomic E-state index is 9.87. The van der Waals surface area contributed by atoms with Gasteiger partial charge in [0.25, 0.3) is 0 Å². The zero-order chi connectivity index (χ0) is 69.5. The van der Waals surface area contributed by atoms with E-state index < -0.39 is 36.9 Å². The Kier molecular flexibility index (Phi) is 19.4. The molecule has 0 saturated heterocycles.